The van der Waals surface area contributed by atoms with E-state index in [0.29, 0.717) is 5.69 Å². The summed E-state index contributed by atoms with van der Waals surface area (Å²) in [6, 6.07) is 6.79. The first-order valence-corrected chi connectivity index (χ1v) is 3.78. The molecule has 0 bridgehead atoms. The molecule has 0 aliphatic heterocycles. The molecule has 2 aromatic rings. The molecule has 0 radical (unpaired) electrons. The fourth-order valence-corrected chi connectivity index (χ4v) is 1.27. The summed E-state index contributed by atoms with van der Waals surface area (Å²) in [6.45, 7) is 0. The average molecular weight is 213 g/mol. The van der Waals surface area contributed by atoms with Crippen molar-refractivity contribution >= 4 is 35.0 Å². The van der Waals surface area contributed by atoms with Crippen molar-refractivity contribution in [2.45, 2.75) is 0 Å². The first-order chi connectivity index (χ1) is 6.16. The molecule has 1 aromatic heterocycles. The number of nitrogens with two attached hydrogens (primary N) is 1. The summed E-state index contributed by atoms with van der Waals surface area (Å²) in [6.07, 6.45) is 0. The lowest BCUT2D eigenvalue weighted by atomic mass is 10.2. The zero-order valence-electron chi connectivity index (χ0n) is 7.15. The topological polar surface area (TPSA) is 79.1 Å². The Labute approximate surface area is 86.1 Å². The number of carboxylic acids is 1. The summed E-state index contributed by atoms with van der Waals surface area (Å²) in [4.78, 5) is 13.4. The quantitative estimate of drug-likeness (QED) is 0.632. The van der Waals surface area contributed by atoms with E-state index in [4.69, 9.17) is 10.8 Å². The lowest BCUT2D eigenvalue weighted by molar-refractivity contribution is 0.0691. The van der Waals surface area contributed by atoms with Crippen molar-refractivity contribution in [3.63, 3.8) is 0 Å². The molecule has 14 heavy (non-hydrogen) atoms. The highest BCUT2D eigenvalue weighted by Gasteiger charge is 2.06. The molecular formula is C9H9ClN2O2. The predicted octanol–water partition coefficient (Wildman–Crippen LogP) is 1.87. The summed E-state index contributed by atoms with van der Waals surface area (Å²) in [5.41, 5.74) is 7.14. The van der Waals surface area contributed by atoms with Crippen LogP contribution < -0.4 is 5.73 Å². The summed E-state index contributed by atoms with van der Waals surface area (Å²) in [5, 5.41) is 9.51. The maximum atomic E-state index is 10.6. The molecule has 1 aromatic carbocycles. The fourth-order valence-electron chi connectivity index (χ4n) is 1.27. The Balaban J connectivity index is 0.000000980. The van der Waals surface area contributed by atoms with Gasteiger partial charge in [0.05, 0.1) is 0 Å². The molecule has 0 saturated heterocycles. The smallest absolute Gasteiger partial charge is 0.352 e. The van der Waals surface area contributed by atoms with Crippen LogP contribution in [0.1, 0.15) is 10.5 Å². The van der Waals surface area contributed by atoms with Gasteiger partial charge in [0.1, 0.15) is 5.69 Å². The average Bonchev–Trinajstić information content (AvgIpc) is 2.46. The minimum atomic E-state index is -0.963. The molecule has 2 rings (SSSR count). The standard InChI is InChI=1S/C9H8N2O2.ClH/c10-6-1-2-7-5(3-6)4-8(11-7)9(12)13;/h1-4,11H,10H2,(H,12,13);1H. The number of anilines is 1. The van der Waals surface area contributed by atoms with Gasteiger partial charge in [0.15, 0.2) is 0 Å². The highest BCUT2D eigenvalue weighted by Crippen LogP contribution is 2.18. The van der Waals surface area contributed by atoms with Crippen LogP contribution in [-0.4, -0.2) is 16.1 Å². The third-order valence-electron chi connectivity index (χ3n) is 1.88. The number of halogens is 1. The van der Waals surface area contributed by atoms with Gasteiger partial charge in [-0.15, -0.1) is 12.4 Å². The Morgan fingerprint density at radius 3 is 2.71 bits per heavy atom. The molecule has 0 unspecified atom stereocenters. The van der Waals surface area contributed by atoms with Crippen molar-refractivity contribution in [2.75, 3.05) is 5.73 Å². The second kappa shape index (κ2) is 3.59. The zero-order chi connectivity index (χ0) is 9.42. The Hall–Kier alpha value is -1.68. The monoisotopic (exact) mass is 212 g/mol. The zero-order valence-corrected chi connectivity index (χ0v) is 7.97. The maximum Gasteiger partial charge on any atom is 0.352 e. The van der Waals surface area contributed by atoms with Gasteiger partial charge in [-0.2, -0.15) is 0 Å². The molecule has 5 heteroatoms. The third kappa shape index (κ3) is 1.65. The summed E-state index contributed by atoms with van der Waals surface area (Å²) in [5.74, 6) is -0.963. The van der Waals surface area contributed by atoms with Crippen LogP contribution in [0.2, 0.25) is 0 Å². The SMILES string of the molecule is Cl.Nc1ccc2[nH]c(C(=O)O)cc2c1. The highest BCUT2D eigenvalue weighted by molar-refractivity contribution is 5.94. The fraction of sp³-hybridized carbons (Fsp3) is 0. The number of H-pyrrole nitrogens is 1. The van der Waals surface area contributed by atoms with Gasteiger partial charge >= 0.3 is 5.97 Å². The number of carboxylic acid groups (broad SMARTS) is 1. The first kappa shape index (κ1) is 10.4. The van der Waals surface area contributed by atoms with E-state index in [1.54, 1.807) is 24.3 Å². The third-order valence-corrected chi connectivity index (χ3v) is 1.88. The minimum Gasteiger partial charge on any atom is -0.477 e. The molecular weight excluding hydrogens is 204 g/mol. The van der Waals surface area contributed by atoms with E-state index in [2.05, 4.69) is 4.98 Å². The van der Waals surface area contributed by atoms with Gasteiger partial charge in [0.2, 0.25) is 0 Å². The lowest BCUT2D eigenvalue weighted by Gasteiger charge is -1.90. The number of fused-ring (bicyclic) bond motifs is 1. The van der Waals surface area contributed by atoms with E-state index in [1.165, 1.54) is 0 Å². The van der Waals surface area contributed by atoms with Crippen LogP contribution in [0.4, 0.5) is 5.69 Å². The van der Waals surface area contributed by atoms with E-state index in [9.17, 15) is 4.79 Å². The van der Waals surface area contributed by atoms with E-state index < -0.39 is 5.97 Å². The van der Waals surface area contributed by atoms with Gasteiger partial charge in [0.25, 0.3) is 0 Å². The number of nitrogen functional groups attached to an aromatic ring is 1. The normalized spacial score (nSPS) is 9.71. The second-order valence-corrected chi connectivity index (χ2v) is 2.83. The van der Waals surface area contributed by atoms with Crippen molar-refractivity contribution < 1.29 is 9.90 Å². The van der Waals surface area contributed by atoms with Gasteiger partial charge in [-0.1, -0.05) is 0 Å². The Kier molecular flexibility index (Phi) is 2.67. The van der Waals surface area contributed by atoms with Crippen LogP contribution >= 0.6 is 12.4 Å². The van der Waals surface area contributed by atoms with Crippen LogP contribution in [0.25, 0.3) is 10.9 Å². The van der Waals surface area contributed by atoms with Crippen molar-refractivity contribution in [2.24, 2.45) is 0 Å². The van der Waals surface area contributed by atoms with E-state index >= 15 is 0 Å². The number of carbonyl (C=O) groups is 1. The van der Waals surface area contributed by atoms with Crippen LogP contribution in [0.15, 0.2) is 24.3 Å². The number of benzene rings is 1. The Bertz CT molecular complexity index is 479. The minimum absolute atomic E-state index is 0. The van der Waals surface area contributed by atoms with Crippen LogP contribution in [0, 0.1) is 0 Å². The predicted molar refractivity (Wildman–Crippen MR) is 56.9 cm³/mol. The summed E-state index contributed by atoms with van der Waals surface area (Å²) in [7, 11) is 0. The molecule has 0 aliphatic carbocycles. The van der Waals surface area contributed by atoms with Gasteiger partial charge < -0.3 is 15.8 Å². The molecule has 74 valence electrons. The largest absolute Gasteiger partial charge is 0.477 e. The number of aromatic carboxylic acids is 1. The first-order valence-electron chi connectivity index (χ1n) is 3.78. The Morgan fingerprint density at radius 1 is 1.36 bits per heavy atom. The van der Waals surface area contributed by atoms with Gasteiger partial charge in [-0.3, -0.25) is 0 Å². The van der Waals surface area contributed by atoms with Gasteiger partial charge in [0, 0.05) is 16.6 Å². The highest BCUT2D eigenvalue weighted by atomic mass is 35.5. The molecule has 0 atom stereocenters. The molecule has 1 heterocycles. The summed E-state index contributed by atoms with van der Waals surface area (Å²) >= 11 is 0. The lowest BCUT2D eigenvalue weighted by Crippen LogP contribution is -1.94. The summed E-state index contributed by atoms with van der Waals surface area (Å²) < 4.78 is 0. The molecule has 4 nitrogen and oxygen atoms in total. The van der Waals surface area contributed by atoms with Crippen molar-refractivity contribution in [3.8, 4) is 0 Å². The number of aromatic nitrogens is 1. The number of aromatic amines is 1. The van der Waals surface area contributed by atoms with Crippen LogP contribution in [-0.2, 0) is 0 Å². The molecule has 0 spiro atoms. The van der Waals surface area contributed by atoms with Crippen molar-refractivity contribution in [3.05, 3.63) is 30.0 Å². The number of hydrogen-bond donors (Lipinski definition) is 3. The van der Waals surface area contributed by atoms with Gasteiger partial charge in [-0.05, 0) is 24.3 Å². The van der Waals surface area contributed by atoms with Gasteiger partial charge in [-0.25, -0.2) is 4.79 Å². The molecule has 0 fully saturated rings. The molecule has 0 aliphatic rings. The van der Waals surface area contributed by atoms with E-state index in [1.807, 2.05) is 0 Å². The van der Waals surface area contributed by atoms with E-state index in [-0.39, 0.29) is 18.1 Å². The van der Waals surface area contributed by atoms with Crippen molar-refractivity contribution in [1.29, 1.82) is 0 Å². The maximum absolute atomic E-state index is 10.6. The van der Waals surface area contributed by atoms with E-state index in [0.717, 1.165) is 10.9 Å². The number of hydrogen-bond acceptors (Lipinski definition) is 2. The van der Waals surface area contributed by atoms with Crippen molar-refractivity contribution in [1.82, 2.24) is 4.98 Å². The number of nitrogens with one attached hydrogen (secondary N) is 1. The molecule has 0 saturated carbocycles. The second-order valence-electron chi connectivity index (χ2n) is 2.83. The van der Waals surface area contributed by atoms with Crippen LogP contribution in [0.3, 0.4) is 0 Å². The van der Waals surface area contributed by atoms with Crippen LogP contribution in [0.5, 0.6) is 0 Å². The number of rotatable bonds is 1. The molecule has 0 amide bonds. The molecule has 4 N–H and O–H groups in total. The Morgan fingerprint density at radius 2 is 2.07 bits per heavy atom.